The van der Waals surface area contributed by atoms with Gasteiger partial charge in [-0.25, -0.2) is 8.78 Å². The van der Waals surface area contributed by atoms with Crippen molar-refractivity contribution in [2.24, 2.45) is 0 Å². The Morgan fingerprint density at radius 3 is 2.53 bits per heavy atom. The Morgan fingerprint density at radius 1 is 1.40 bits per heavy atom. The Bertz CT molecular complexity index is 364. The van der Waals surface area contributed by atoms with Crippen molar-refractivity contribution >= 4 is 5.97 Å². The molecule has 15 heavy (non-hydrogen) atoms. The molecule has 0 N–H and O–H groups in total. The SMILES string of the molecule is CCC(C(=O)OC)c1ccc(F)c(F)c1. The van der Waals surface area contributed by atoms with E-state index in [-0.39, 0.29) is 0 Å². The van der Waals surface area contributed by atoms with Crippen LogP contribution in [0.15, 0.2) is 18.2 Å². The first-order chi connectivity index (χ1) is 7.10. The molecule has 1 rings (SSSR count). The minimum absolute atomic E-state index is 0.434. The molecule has 0 spiro atoms. The molecule has 0 aliphatic heterocycles. The van der Waals surface area contributed by atoms with E-state index in [2.05, 4.69) is 4.74 Å². The van der Waals surface area contributed by atoms with Gasteiger partial charge in [0.05, 0.1) is 13.0 Å². The Morgan fingerprint density at radius 2 is 2.07 bits per heavy atom. The van der Waals surface area contributed by atoms with Crippen LogP contribution in [-0.2, 0) is 9.53 Å². The standard InChI is InChI=1S/C11H12F2O2/c1-3-8(11(14)15-2)7-4-5-9(12)10(13)6-7/h4-6,8H,3H2,1-2H3. The molecule has 1 aromatic rings. The summed E-state index contributed by atoms with van der Waals surface area (Å²) in [5, 5.41) is 0. The molecule has 1 aromatic carbocycles. The van der Waals surface area contributed by atoms with Crippen molar-refractivity contribution in [2.45, 2.75) is 19.3 Å². The number of benzene rings is 1. The lowest BCUT2D eigenvalue weighted by Crippen LogP contribution is -2.13. The Balaban J connectivity index is 3.02. The number of carbonyl (C=O) groups is 1. The average molecular weight is 214 g/mol. The highest BCUT2D eigenvalue weighted by molar-refractivity contribution is 5.77. The van der Waals surface area contributed by atoms with Gasteiger partial charge in [-0.15, -0.1) is 0 Å². The van der Waals surface area contributed by atoms with Crippen LogP contribution in [0.3, 0.4) is 0 Å². The van der Waals surface area contributed by atoms with E-state index in [1.165, 1.54) is 13.2 Å². The number of rotatable bonds is 3. The smallest absolute Gasteiger partial charge is 0.313 e. The molecule has 0 aliphatic rings. The van der Waals surface area contributed by atoms with Crippen LogP contribution in [0, 0.1) is 11.6 Å². The lowest BCUT2D eigenvalue weighted by atomic mass is 9.96. The minimum atomic E-state index is -0.949. The minimum Gasteiger partial charge on any atom is -0.469 e. The van der Waals surface area contributed by atoms with E-state index in [0.717, 1.165) is 12.1 Å². The van der Waals surface area contributed by atoms with Gasteiger partial charge < -0.3 is 4.74 Å². The normalized spacial score (nSPS) is 12.3. The second-order valence-corrected chi connectivity index (χ2v) is 3.16. The third-order valence-corrected chi connectivity index (χ3v) is 2.24. The Hall–Kier alpha value is -1.45. The van der Waals surface area contributed by atoms with E-state index in [1.807, 2.05) is 0 Å². The van der Waals surface area contributed by atoms with Crippen molar-refractivity contribution in [3.8, 4) is 0 Å². The first-order valence-corrected chi connectivity index (χ1v) is 4.63. The van der Waals surface area contributed by atoms with E-state index >= 15 is 0 Å². The van der Waals surface area contributed by atoms with Gasteiger partial charge in [0.15, 0.2) is 11.6 Å². The summed E-state index contributed by atoms with van der Waals surface area (Å²) in [4.78, 5) is 11.3. The highest BCUT2D eigenvalue weighted by Crippen LogP contribution is 2.22. The summed E-state index contributed by atoms with van der Waals surface area (Å²) in [6, 6.07) is 3.43. The fourth-order valence-electron chi connectivity index (χ4n) is 1.41. The van der Waals surface area contributed by atoms with Gasteiger partial charge in [0.2, 0.25) is 0 Å². The third kappa shape index (κ3) is 2.52. The van der Waals surface area contributed by atoms with Crippen molar-refractivity contribution in [3.63, 3.8) is 0 Å². The number of carbonyl (C=O) groups excluding carboxylic acids is 1. The quantitative estimate of drug-likeness (QED) is 0.723. The van der Waals surface area contributed by atoms with Crippen LogP contribution in [0.1, 0.15) is 24.8 Å². The lowest BCUT2D eigenvalue weighted by molar-refractivity contribution is -0.142. The summed E-state index contributed by atoms with van der Waals surface area (Å²) in [5.74, 6) is -2.85. The van der Waals surface area contributed by atoms with Gasteiger partial charge in [-0.05, 0) is 24.1 Å². The zero-order valence-electron chi connectivity index (χ0n) is 8.59. The Kier molecular flexibility index (Phi) is 3.77. The van der Waals surface area contributed by atoms with Crippen molar-refractivity contribution in [2.75, 3.05) is 7.11 Å². The van der Waals surface area contributed by atoms with E-state index in [9.17, 15) is 13.6 Å². The predicted molar refractivity (Wildman–Crippen MR) is 51.4 cm³/mol. The third-order valence-electron chi connectivity index (χ3n) is 2.24. The molecule has 0 radical (unpaired) electrons. The largest absolute Gasteiger partial charge is 0.469 e. The number of ether oxygens (including phenoxy) is 1. The van der Waals surface area contributed by atoms with Gasteiger partial charge in [0.1, 0.15) is 0 Å². The van der Waals surface area contributed by atoms with Crippen molar-refractivity contribution in [1.29, 1.82) is 0 Å². The summed E-state index contributed by atoms with van der Waals surface area (Å²) in [6.07, 6.45) is 0.484. The summed E-state index contributed by atoms with van der Waals surface area (Å²) >= 11 is 0. The van der Waals surface area contributed by atoms with E-state index < -0.39 is 23.5 Å². The van der Waals surface area contributed by atoms with Gasteiger partial charge in [-0.3, -0.25) is 4.79 Å². The zero-order valence-corrected chi connectivity index (χ0v) is 8.59. The van der Waals surface area contributed by atoms with Crippen LogP contribution in [0.5, 0.6) is 0 Å². The van der Waals surface area contributed by atoms with Gasteiger partial charge in [0, 0.05) is 0 Å². The molecule has 0 aliphatic carbocycles. The van der Waals surface area contributed by atoms with Crippen LogP contribution in [0.2, 0.25) is 0 Å². The highest BCUT2D eigenvalue weighted by Gasteiger charge is 2.20. The second kappa shape index (κ2) is 4.87. The molecule has 0 saturated heterocycles. The first-order valence-electron chi connectivity index (χ1n) is 4.63. The molecular weight excluding hydrogens is 202 g/mol. The molecule has 1 unspecified atom stereocenters. The van der Waals surface area contributed by atoms with Crippen LogP contribution in [0.4, 0.5) is 8.78 Å². The Labute approximate surface area is 86.9 Å². The van der Waals surface area contributed by atoms with Gasteiger partial charge >= 0.3 is 5.97 Å². The van der Waals surface area contributed by atoms with Crippen LogP contribution >= 0.6 is 0 Å². The fraction of sp³-hybridized carbons (Fsp3) is 0.364. The molecular formula is C11H12F2O2. The average Bonchev–Trinajstić information content (AvgIpc) is 2.24. The predicted octanol–water partition coefficient (Wildman–Crippen LogP) is 2.63. The molecule has 82 valence electrons. The maximum Gasteiger partial charge on any atom is 0.313 e. The molecule has 4 heteroatoms. The van der Waals surface area contributed by atoms with E-state index in [4.69, 9.17) is 0 Å². The molecule has 0 amide bonds. The summed E-state index contributed by atoms with van der Waals surface area (Å²) < 4.78 is 30.1. The molecule has 2 nitrogen and oxygen atoms in total. The van der Waals surface area contributed by atoms with Crippen LogP contribution in [0.25, 0.3) is 0 Å². The van der Waals surface area contributed by atoms with Crippen LogP contribution < -0.4 is 0 Å². The van der Waals surface area contributed by atoms with Crippen molar-refractivity contribution in [1.82, 2.24) is 0 Å². The number of esters is 1. The molecule has 0 fully saturated rings. The van der Waals surface area contributed by atoms with Crippen molar-refractivity contribution < 1.29 is 18.3 Å². The fourth-order valence-corrected chi connectivity index (χ4v) is 1.41. The summed E-state index contributed by atoms with van der Waals surface area (Å²) in [5.41, 5.74) is 0.434. The second-order valence-electron chi connectivity index (χ2n) is 3.16. The zero-order chi connectivity index (χ0) is 11.4. The maximum atomic E-state index is 12.9. The van der Waals surface area contributed by atoms with E-state index in [1.54, 1.807) is 6.92 Å². The number of halogens is 2. The van der Waals surface area contributed by atoms with Crippen molar-refractivity contribution in [3.05, 3.63) is 35.4 Å². The topological polar surface area (TPSA) is 26.3 Å². The molecule has 0 heterocycles. The lowest BCUT2D eigenvalue weighted by Gasteiger charge is -2.12. The highest BCUT2D eigenvalue weighted by atomic mass is 19.2. The molecule has 1 atom stereocenters. The number of hydrogen-bond acceptors (Lipinski definition) is 2. The first kappa shape index (κ1) is 11.6. The number of methoxy groups -OCH3 is 1. The monoisotopic (exact) mass is 214 g/mol. The molecule has 0 bridgehead atoms. The summed E-state index contributed by atoms with van der Waals surface area (Å²) in [7, 11) is 1.27. The van der Waals surface area contributed by atoms with Gasteiger partial charge in [-0.2, -0.15) is 0 Å². The number of hydrogen-bond donors (Lipinski definition) is 0. The molecule has 0 aromatic heterocycles. The van der Waals surface area contributed by atoms with Gasteiger partial charge in [-0.1, -0.05) is 13.0 Å². The van der Waals surface area contributed by atoms with E-state index in [0.29, 0.717) is 12.0 Å². The maximum absolute atomic E-state index is 12.9. The van der Waals surface area contributed by atoms with Crippen LogP contribution in [-0.4, -0.2) is 13.1 Å². The summed E-state index contributed by atoms with van der Waals surface area (Å²) in [6.45, 7) is 1.78. The molecule has 0 saturated carbocycles. The van der Waals surface area contributed by atoms with Gasteiger partial charge in [0.25, 0.3) is 0 Å².